The van der Waals surface area contributed by atoms with Crippen LogP contribution in [-0.2, 0) is 0 Å². The third kappa shape index (κ3) is 4.94. The molecule has 2 N–H and O–H groups in total. The molecule has 0 radical (unpaired) electrons. The van der Waals surface area contributed by atoms with Crippen LogP contribution in [0, 0.1) is 11.8 Å². The topological polar surface area (TPSA) is 27.3 Å². The lowest BCUT2D eigenvalue weighted by Crippen LogP contribution is -2.45. The van der Waals surface area contributed by atoms with E-state index in [0.29, 0.717) is 0 Å². The highest BCUT2D eigenvalue weighted by atomic mass is 15.1. The Morgan fingerprint density at radius 3 is 2.62 bits per heavy atom. The molecule has 3 nitrogen and oxygen atoms in total. The number of rotatable bonds is 4. The number of hydrogen-bond donors (Lipinski definition) is 2. The summed E-state index contributed by atoms with van der Waals surface area (Å²) in [6.45, 7) is 8.94. The van der Waals surface area contributed by atoms with E-state index in [1.54, 1.807) is 0 Å². The van der Waals surface area contributed by atoms with Gasteiger partial charge in [0.2, 0.25) is 0 Å². The van der Waals surface area contributed by atoms with Crippen LogP contribution < -0.4 is 10.6 Å². The minimum Gasteiger partial charge on any atom is -0.317 e. The first-order valence-corrected chi connectivity index (χ1v) is 9.48. The molecular weight excluding hydrogens is 258 g/mol. The molecule has 0 bridgehead atoms. The third-order valence-electron chi connectivity index (χ3n) is 5.91. The number of nitrogens with zero attached hydrogens (tertiary/aromatic N) is 1. The van der Waals surface area contributed by atoms with Crippen LogP contribution in [0.1, 0.15) is 58.3 Å². The number of hydrogen-bond acceptors (Lipinski definition) is 3. The van der Waals surface area contributed by atoms with Gasteiger partial charge in [0.25, 0.3) is 0 Å². The van der Waals surface area contributed by atoms with Crippen molar-refractivity contribution in [2.45, 2.75) is 70.4 Å². The monoisotopic (exact) mass is 293 g/mol. The van der Waals surface area contributed by atoms with Crippen molar-refractivity contribution in [1.82, 2.24) is 15.5 Å². The first kappa shape index (κ1) is 15.8. The Morgan fingerprint density at radius 2 is 1.81 bits per heavy atom. The standard InChI is InChI=1S/C18H35N3/c1-15-4-2-6-18(20-15)12-17-5-3-11-21(14-17)13-16-7-9-19-10-8-16/h15-20H,2-14H2,1H3. The second-order valence-corrected chi connectivity index (χ2v) is 7.89. The average molecular weight is 293 g/mol. The summed E-state index contributed by atoms with van der Waals surface area (Å²) in [7, 11) is 0. The van der Waals surface area contributed by atoms with Crippen LogP contribution in [-0.4, -0.2) is 49.7 Å². The molecule has 3 heterocycles. The quantitative estimate of drug-likeness (QED) is 0.834. The van der Waals surface area contributed by atoms with Crippen LogP contribution in [0.3, 0.4) is 0 Å². The van der Waals surface area contributed by atoms with Gasteiger partial charge in [-0.25, -0.2) is 0 Å². The molecule has 0 saturated carbocycles. The summed E-state index contributed by atoms with van der Waals surface area (Å²) in [5.74, 6) is 1.90. The Kier molecular flexibility index (Phi) is 5.96. The highest BCUT2D eigenvalue weighted by Crippen LogP contribution is 2.26. The molecule has 0 aliphatic carbocycles. The number of nitrogens with one attached hydrogen (secondary N) is 2. The van der Waals surface area contributed by atoms with Gasteiger partial charge in [-0.15, -0.1) is 0 Å². The Morgan fingerprint density at radius 1 is 0.952 bits per heavy atom. The lowest BCUT2D eigenvalue weighted by Gasteiger charge is -2.38. The summed E-state index contributed by atoms with van der Waals surface area (Å²) >= 11 is 0. The normalized spacial score (nSPS) is 36.7. The molecule has 3 saturated heterocycles. The third-order valence-corrected chi connectivity index (χ3v) is 5.91. The first-order valence-electron chi connectivity index (χ1n) is 9.48. The Hall–Kier alpha value is -0.120. The lowest BCUT2D eigenvalue weighted by atomic mass is 9.86. The van der Waals surface area contributed by atoms with E-state index < -0.39 is 0 Å². The second-order valence-electron chi connectivity index (χ2n) is 7.89. The van der Waals surface area contributed by atoms with Crippen molar-refractivity contribution in [2.24, 2.45) is 11.8 Å². The Labute approximate surface area is 131 Å². The van der Waals surface area contributed by atoms with Crippen LogP contribution in [0.5, 0.6) is 0 Å². The zero-order chi connectivity index (χ0) is 14.5. The molecule has 0 amide bonds. The summed E-state index contributed by atoms with van der Waals surface area (Å²) in [5.41, 5.74) is 0. The molecular formula is C18H35N3. The molecule has 3 unspecified atom stereocenters. The van der Waals surface area contributed by atoms with Crippen LogP contribution in [0.4, 0.5) is 0 Å². The Bertz CT molecular complexity index is 301. The molecule has 3 heteroatoms. The minimum atomic E-state index is 0.748. The van der Waals surface area contributed by atoms with Crippen molar-refractivity contribution in [3.63, 3.8) is 0 Å². The molecule has 0 spiro atoms. The lowest BCUT2D eigenvalue weighted by molar-refractivity contribution is 0.125. The van der Waals surface area contributed by atoms with Crippen molar-refractivity contribution < 1.29 is 0 Å². The fourth-order valence-electron chi connectivity index (χ4n) is 4.77. The molecule has 0 aromatic carbocycles. The van der Waals surface area contributed by atoms with Gasteiger partial charge in [-0.3, -0.25) is 0 Å². The fraction of sp³-hybridized carbons (Fsp3) is 1.00. The van der Waals surface area contributed by atoms with Gasteiger partial charge in [0, 0.05) is 25.2 Å². The molecule has 0 aromatic rings. The van der Waals surface area contributed by atoms with Gasteiger partial charge in [0.05, 0.1) is 0 Å². The maximum absolute atomic E-state index is 3.83. The predicted molar refractivity (Wildman–Crippen MR) is 89.6 cm³/mol. The fourth-order valence-corrected chi connectivity index (χ4v) is 4.77. The second kappa shape index (κ2) is 7.94. The molecule has 3 atom stereocenters. The summed E-state index contributed by atoms with van der Waals surface area (Å²) < 4.78 is 0. The summed E-state index contributed by atoms with van der Waals surface area (Å²) in [4.78, 5) is 2.79. The van der Waals surface area contributed by atoms with Crippen molar-refractivity contribution in [3.05, 3.63) is 0 Å². The average Bonchev–Trinajstić information content (AvgIpc) is 2.49. The van der Waals surface area contributed by atoms with E-state index in [1.807, 2.05) is 0 Å². The van der Waals surface area contributed by atoms with Gasteiger partial charge >= 0.3 is 0 Å². The largest absolute Gasteiger partial charge is 0.317 e. The number of piperidine rings is 3. The van der Waals surface area contributed by atoms with E-state index in [0.717, 1.165) is 23.9 Å². The smallest absolute Gasteiger partial charge is 0.00726 e. The molecule has 3 aliphatic rings. The van der Waals surface area contributed by atoms with Gasteiger partial charge in [-0.1, -0.05) is 6.42 Å². The van der Waals surface area contributed by atoms with E-state index in [2.05, 4.69) is 22.5 Å². The predicted octanol–water partition coefficient (Wildman–Crippen LogP) is 2.62. The van der Waals surface area contributed by atoms with Crippen LogP contribution >= 0.6 is 0 Å². The van der Waals surface area contributed by atoms with Gasteiger partial charge in [-0.2, -0.15) is 0 Å². The Balaban J connectivity index is 1.42. The molecule has 3 aliphatic heterocycles. The van der Waals surface area contributed by atoms with Crippen LogP contribution in [0.2, 0.25) is 0 Å². The van der Waals surface area contributed by atoms with Crippen LogP contribution in [0.15, 0.2) is 0 Å². The van der Waals surface area contributed by atoms with Crippen molar-refractivity contribution in [2.75, 3.05) is 32.7 Å². The SMILES string of the molecule is CC1CCCC(CC2CCCN(CC3CCNCC3)C2)N1. The van der Waals surface area contributed by atoms with Gasteiger partial charge < -0.3 is 15.5 Å². The summed E-state index contributed by atoms with van der Waals surface area (Å²) in [6.07, 6.45) is 11.3. The van der Waals surface area contributed by atoms with Gasteiger partial charge in [-0.05, 0) is 83.3 Å². The number of likely N-dealkylation sites (tertiary alicyclic amines) is 1. The zero-order valence-corrected chi connectivity index (χ0v) is 13.9. The molecule has 3 fully saturated rings. The van der Waals surface area contributed by atoms with Gasteiger partial charge in [0.15, 0.2) is 0 Å². The van der Waals surface area contributed by atoms with Crippen molar-refractivity contribution >= 4 is 0 Å². The molecule has 122 valence electrons. The molecule has 21 heavy (non-hydrogen) atoms. The van der Waals surface area contributed by atoms with Crippen molar-refractivity contribution in [3.8, 4) is 0 Å². The maximum Gasteiger partial charge on any atom is 0.00726 e. The van der Waals surface area contributed by atoms with E-state index in [1.165, 1.54) is 84.1 Å². The minimum absolute atomic E-state index is 0.748. The molecule has 3 rings (SSSR count). The van der Waals surface area contributed by atoms with Gasteiger partial charge in [0.1, 0.15) is 0 Å². The highest BCUT2D eigenvalue weighted by molar-refractivity contribution is 4.84. The van der Waals surface area contributed by atoms with E-state index in [-0.39, 0.29) is 0 Å². The molecule has 0 aromatic heterocycles. The summed E-state index contributed by atoms with van der Waals surface area (Å²) in [6, 6.07) is 1.55. The van der Waals surface area contributed by atoms with E-state index in [9.17, 15) is 0 Å². The summed E-state index contributed by atoms with van der Waals surface area (Å²) in [5, 5.41) is 7.33. The maximum atomic E-state index is 3.83. The van der Waals surface area contributed by atoms with E-state index >= 15 is 0 Å². The van der Waals surface area contributed by atoms with Crippen LogP contribution in [0.25, 0.3) is 0 Å². The first-order chi connectivity index (χ1) is 10.3. The van der Waals surface area contributed by atoms with Crippen molar-refractivity contribution in [1.29, 1.82) is 0 Å². The highest BCUT2D eigenvalue weighted by Gasteiger charge is 2.26. The zero-order valence-electron chi connectivity index (χ0n) is 13.9. The van der Waals surface area contributed by atoms with E-state index in [4.69, 9.17) is 0 Å².